The average molecular weight is 580 g/mol. The summed E-state index contributed by atoms with van der Waals surface area (Å²) in [5, 5.41) is 2.93. The van der Waals surface area contributed by atoms with E-state index >= 15 is 0 Å². The van der Waals surface area contributed by atoms with Crippen molar-refractivity contribution < 1.29 is 22.7 Å². The van der Waals surface area contributed by atoms with Crippen molar-refractivity contribution >= 4 is 27.5 Å². The molecule has 0 aliphatic carbocycles. The van der Waals surface area contributed by atoms with Crippen LogP contribution in [0.15, 0.2) is 71.6 Å². The SMILES string of the molecule is COc1cccc(CN(C(=O)CN(c2ccc(C)c(C)c2)S(=O)(=O)c2ccc(C)cc2)[C@@H](C)C(=O)NC(C)(C)C)c1. The molecule has 3 rings (SSSR count). The highest BCUT2D eigenvalue weighted by molar-refractivity contribution is 7.92. The van der Waals surface area contributed by atoms with E-state index in [0.29, 0.717) is 11.4 Å². The van der Waals surface area contributed by atoms with Gasteiger partial charge >= 0.3 is 0 Å². The first-order valence-electron chi connectivity index (χ1n) is 13.5. The molecule has 9 heteroatoms. The number of hydrogen-bond donors (Lipinski definition) is 1. The first-order chi connectivity index (χ1) is 19.1. The van der Waals surface area contributed by atoms with Crippen LogP contribution in [0.5, 0.6) is 5.75 Å². The van der Waals surface area contributed by atoms with E-state index in [1.165, 1.54) is 17.0 Å². The number of amides is 2. The fourth-order valence-corrected chi connectivity index (χ4v) is 5.68. The van der Waals surface area contributed by atoms with Crippen LogP contribution in [-0.2, 0) is 26.2 Å². The molecule has 1 N–H and O–H groups in total. The number of ether oxygens (including phenoxy) is 1. The zero-order valence-electron chi connectivity index (χ0n) is 25.2. The lowest BCUT2D eigenvalue weighted by Crippen LogP contribution is -2.54. The van der Waals surface area contributed by atoms with Crippen molar-refractivity contribution in [3.05, 3.63) is 89.0 Å². The first-order valence-corrected chi connectivity index (χ1v) is 15.0. The van der Waals surface area contributed by atoms with Crippen molar-refractivity contribution in [3.63, 3.8) is 0 Å². The Hall–Kier alpha value is -3.85. The van der Waals surface area contributed by atoms with Crippen LogP contribution in [0.2, 0.25) is 0 Å². The largest absolute Gasteiger partial charge is 0.497 e. The zero-order chi connectivity index (χ0) is 30.5. The third-order valence-electron chi connectivity index (χ3n) is 6.82. The number of nitrogens with one attached hydrogen (secondary N) is 1. The molecule has 41 heavy (non-hydrogen) atoms. The topological polar surface area (TPSA) is 96.0 Å². The van der Waals surface area contributed by atoms with Gasteiger partial charge in [-0.05, 0) is 102 Å². The third-order valence-corrected chi connectivity index (χ3v) is 8.61. The molecule has 0 unspecified atom stereocenters. The molecule has 0 aromatic heterocycles. The van der Waals surface area contributed by atoms with E-state index in [0.717, 1.165) is 26.6 Å². The van der Waals surface area contributed by atoms with Gasteiger partial charge in [0.25, 0.3) is 10.0 Å². The van der Waals surface area contributed by atoms with Gasteiger partial charge in [-0.15, -0.1) is 0 Å². The summed E-state index contributed by atoms with van der Waals surface area (Å²) in [6, 6.07) is 18.2. The van der Waals surface area contributed by atoms with Crippen molar-refractivity contribution in [1.29, 1.82) is 0 Å². The Morgan fingerprint density at radius 3 is 2.17 bits per heavy atom. The van der Waals surface area contributed by atoms with E-state index in [1.807, 2.05) is 53.7 Å². The zero-order valence-corrected chi connectivity index (χ0v) is 26.0. The van der Waals surface area contributed by atoms with Gasteiger partial charge in [0, 0.05) is 12.1 Å². The van der Waals surface area contributed by atoms with Crippen LogP contribution in [0.4, 0.5) is 5.69 Å². The molecule has 220 valence electrons. The van der Waals surface area contributed by atoms with Crippen molar-refractivity contribution in [2.24, 2.45) is 0 Å². The molecule has 1 atom stereocenters. The molecular weight excluding hydrogens is 538 g/mol. The van der Waals surface area contributed by atoms with Crippen LogP contribution in [0.25, 0.3) is 0 Å². The van der Waals surface area contributed by atoms with Crippen molar-refractivity contribution in [3.8, 4) is 5.75 Å². The van der Waals surface area contributed by atoms with E-state index < -0.39 is 34.1 Å². The summed E-state index contributed by atoms with van der Waals surface area (Å²) < 4.78 is 34.5. The van der Waals surface area contributed by atoms with Crippen LogP contribution in [-0.4, -0.2) is 50.4 Å². The fourth-order valence-electron chi connectivity index (χ4n) is 4.27. The van der Waals surface area contributed by atoms with Gasteiger partial charge < -0.3 is 15.0 Å². The second-order valence-electron chi connectivity index (χ2n) is 11.4. The molecule has 0 bridgehead atoms. The summed E-state index contributed by atoms with van der Waals surface area (Å²) in [6.45, 7) is 12.5. The number of hydrogen-bond acceptors (Lipinski definition) is 5. The number of benzene rings is 3. The Bertz CT molecular complexity index is 1490. The highest BCUT2D eigenvalue weighted by Crippen LogP contribution is 2.27. The Balaban J connectivity index is 2.07. The first kappa shape index (κ1) is 31.7. The highest BCUT2D eigenvalue weighted by Gasteiger charge is 2.33. The molecular formula is C32H41N3O5S. The second-order valence-corrected chi connectivity index (χ2v) is 13.2. The van der Waals surface area contributed by atoms with Gasteiger partial charge in [0.05, 0.1) is 17.7 Å². The summed E-state index contributed by atoms with van der Waals surface area (Å²) in [6.07, 6.45) is 0. The van der Waals surface area contributed by atoms with Crippen LogP contribution >= 0.6 is 0 Å². The number of sulfonamides is 1. The van der Waals surface area contributed by atoms with Gasteiger partial charge in [-0.3, -0.25) is 13.9 Å². The minimum absolute atomic E-state index is 0.0759. The number of carbonyl (C=O) groups excluding carboxylic acids is 2. The van der Waals surface area contributed by atoms with Gasteiger partial charge in [-0.2, -0.15) is 0 Å². The molecule has 3 aromatic rings. The lowest BCUT2D eigenvalue weighted by atomic mass is 10.1. The third kappa shape index (κ3) is 8.10. The number of carbonyl (C=O) groups is 2. The lowest BCUT2D eigenvalue weighted by molar-refractivity contribution is -0.140. The van der Waals surface area contributed by atoms with Crippen molar-refractivity contribution in [1.82, 2.24) is 10.2 Å². The van der Waals surface area contributed by atoms with Crippen LogP contribution in [0, 0.1) is 20.8 Å². The number of rotatable bonds is 10. The van der Waals surface area contributed by atoms with Crippen LogP contribution < -0.4 is 14.4 Å². The summed E-state index contributed by atoms with van der Waals surface area (Å²) in [7, 11) is -2.57. The van der Waals surface area contributed by atoms with Gasteiger partial charge in [0.2, 0.25) is 11.8 Å². The van der Waals surface area contributed by atoms with E-state index in [4.69, 9.17) is 4.74 Å². The van der Waals surface area contributed by atoms with Crippen LogP contribution in [0.3, 0.4) is 0 Å². The molecule has 0 radical (unpaired) electrons. The monoisotopic (exact) mass is 579 g/mol. The van der Waals surface area contributed by atoms with Gasteiger partial charge in [-0.1, -0.05) is 35.9 Å². The Morgan fingerprint density at radius 2 is 1.59 bits per heavy atom. The molecule has 0 spiro atoms. The molecule has 8 nitrogen and oxygen atoms in total. The number of aryl methyl sites for hydroxylation is 3. The predicted molar refractivity (Wildman–Crippen MR) is 163 cm³/mol. The normalized spacial score (nSPS) is 12.4. The molecule has 0 heterocycles. The van der Waals surface area contributed by atoms with Gasteiger partial charge in [0.1, 0.15) is 18.3 Å². The number of anilines is 1. The summed E-state index contributed by atoms with van der Waals surface area (Å²) in [5.41, 5.74) is 3.41. The summed E-state index contributed by atoms with van der Waals surface area (Å²) >= 11 is 0. The Labute approximate surface area is 244 Å². The minimum Gasteiger partial charge on any atom is -0.497 e. The molecule has 0 aliphatic rings. The molecule has 0 fully saturated rings. The maximum atomic E-state index is 14.1. The van der Waals surface area contributed by atoms with Gasteiger partial charge in [-0.25, -0.2) is 8.42 Å². The lowest BCUT2D eigenvalue weighted by Gasteiger charge is -2.33. The summed E-state index contributed by atoms with van der Waals surface area (Å²) in [4.78, 5) is 28.8. The predicted octanol–water partition coefficient (Wildman–Crippen LogP) is 5.15. The highest BCUT2D eigenvalue weighted by atomic mass is 32.2. The average Bonchev–Trinajstić information content (AvgIpc) is 2.90. The quantitative estimate of drug-likeness (QED) is 0.359. The fraction of sp³-hybridized carbons (Fsp3) is 0.375. The minimum atomic E-state index is -4.12. The molecule has 0 aliphatic heterocycles. The summed E-state index contributed by atoms with van der Waals surface area (Å²) in [5.74, 6) is -0.244. The van der Waals surface area contributed by atoms with E-state index in [2.05, 4.69) is 5.32 Å². The van der Waals surface area contributed by atoms with Gasteiger partial charge in [0.15, 0.2) is 0 Å². The van der Waals surface area contributed by atoms with Crippen molar-refractivity contribution in [2.45, 2.75) is 71.5 Å². The van der Waals surface area contributed by atoms with E-state index in [9.17, 15) is 18.0 Å². The molecule has 3 aromatic carbocycles. The second kappa shape index (κ2) is 12.8. The van der Waals surface area contributed by atoms with E-state index in [1.54, 1.807) is 56.5 Å². The maximum Gasteiger partial charge on any atom is 0.264 e. The Morgan fingerprint density at radius 1 is 0.927 bits per heavy atom. The smallest absolute Gasteiger partial charge is 0.264 e. The number of methoxy groups -OCH3 is 1. The Kier molecular flexibility index (Phi) is 9.86. The molecule has 0 saturated heterocycles. The molecule has 0 saturated carbocycles. The van der Waals surface area contributed by atoms with Crippen molar-refractivity contribution in [2.75, 3.05) is 18.0 Å². The molecule has 2 amide bonds. The number of nitrogens with zero attached hydrogens (tertiary/aromatic N) is 2. The van der Waals surface area contributed by atoms with E-state index in [-0.39, 0.29) is 17.3 Å². The standard InChI is InChI=1S/C32H41N3O5S/c1-22-12-16-29(17-13-22)41(38,39)35(27-15-14-23(2)24(3)18-27)21-30(36)34(25(4)31(37)33-32(5,6)7)20-26-10-9-11-28(19-26)40-8/h9-19,25H,20-21H2,1-8H3,(H,33,37)/t25-/m0/s1. The maximum absolute atomic E-state index is 14.1. The van der Waals surface area contributed by atoms with Crippen LogP contribution in [0.1, 0.15) is 49.9 Å².